The molecule has 0 saturated carbocycles. The molecule has 0 fully saturated rings. The van der Waals surface area contributed by atoms with E-state index >= 15 is 0 Å². The van der Waals surface area contributed by atoms with Crippen molar-refractivity contribution in [1.82, 2.24) is 14.5 Å². The summed E-state index contributed by atoms with van der Waals surface area (Å²) in [5.41, 5.74) is 0.495. The van der Waals surface area contributed by atoms with Crippen molar-refractivity contribution >= 4 is 28.1 Å². The summed E-state index contributed by atoms with van der Waals surface area (Å²) in [5.74, 6) is -0.353. The van der Waals surface area contributed by atoms with E-state index in [1.165, 1.54) is 41.1 Å². The Hall–Kier alpha value is -3.38. The molecule has 2 aromatic rings. The molecule has 3 rings (SSSR count). The Morgan fingerprint density at radius 2 is 2.00 bits per heavy atom. The molecule has 32 heavy (non-hydrogen) atoms. The van der Waals surface area contributed by atoms with Crippen LogP contribution in [0.5, 0.6) is 11.5 Å². The number of amides is 2. The maximum Gasteiger partial charge on any atom is 0.416 e. The second kappa shape index (κ2) is 9.01. The van der Waals surface area contributed by atoms with Crippen LogP contribution in [-0.2, 0) is 16.8 Å². The van der Waals surface area contributed by atoms with E-state index < -0.39 is 34.3 Å². The van der Waals surface area contributed by atoms with Crippen LogP contribution in [0.15, 0.2) is 36.4 Å². The first-order valence-electron chi connectivity index (χ1n) is 9.52. The van der Waals surface area contributed by atoms with Gasteiger partial charge in [-0.05, 0) is 25.1 Å². The molecule has 1 atom stereocenters. The van der Waals surface area contributed by atoms with Crippen molar-refractivity contribution in [2.24, 2.45) is 0 Å². The number of carbonyl (C=O) groups excluding carboxylic acids is 2. The lowest BCUT2D eigenvalue weighted by atomic mass is 10.0. The van der Waals surface area contributed by atoms with Crippen molar-refractivity contribution in [3.63, 3.8) is 0 Å². The molecule has 12 heteroatoms. The zero-order chi connectivity index (χ0) is 23.6. The highest BCUT2D eigenvalue weighted by atomic mass is 32.2. The van der Waals surface area contributed by atoms with Gasteiger partial charge in [0.2, 0.25) is 0 Å². The number of rotatable bonds is 6. The lowest BCUT2D eigenvalue weighted by Crippen LogP contribution is -2.39. The zero-order valence-electron chi connectivity index (χ0n) is 17.9. The van der Waals surface area contributed by atoms with Gasteiger partial charge in [-0.3, -0.25) is 9.62 Å². The van der Waals surface area contributed by atoms with E-state index in [-0.39, 0.29) is 29.3 Å². The van der Waals surface area contributed by atoms with Crippen molar-refractivity contribution in [3.8, 4) is 11.5 Å². The monoisotopic (exact) mass is 466 g/mol. The van der Waals surface area contributed by atoms with Gasteiger partial charge in [-0.1, -0.05) is 12.1 Å². The van der Waals surface area contributed by atoms with Gasteiger partial charge in [0.25, 0.3) is 10.2 Å². The highest BCUT2D eigenvalue weighted by Crippen LogP contribution is 2.38. The molecule has 1 heterocycles. The van der Waals surface area contributed by atoms with Gasteiger partial charge in [0.15, 0.2) is 5.82 Å². The number of nitrogens with one attached hydrogen (secondary N) is 2. The molecule has 2 N–H and O–H groups in total. The fraction of sp³-hybridized carbons (Fsp3) is 0.300. The highest BCUT2D eigenvalue weighted by molar-refractivity contribution is 7.90. The minimum atomic E-state index is -3.91. The Balaban J connectivity index is 1.83. The van der Waals surface area contributed by atoms with Crippen molar-refractivity contribution in [3.05, 3.63) is 53.3 Å². The number of fused-ring (bicyclic) bond motifs is 1. The highest BCUT2D eigenvalue weighted by Gasteiger charge is 2.33. The van der Waals surface area contributed by atoms with E-state index in [0.29, 0.717) is 5.56 Å². The number of anilines is 1. The third-order valence-electron chi connectivity index (χ3n) is 4.84. The maximum absolute atomic E-state index is 14.9. The van der Waals surface area contributed by atoms with Gasteiger partial charge < -0.3 is 14.4 Å². The van der Waals surface area contributed by atoms with E-state index in [2.05, 4.69) is 4.72 Å². The molecular formula is C20H23FN4O6S. The van der Waals surface area contributed by atoms with Crippen LogP contribution in [0.1, 0.15) is 24.1 Å². The molecule has 172 valence electrons. The lowest BCUT2D eigenvalue weighted by Gasteiger charge is -2.34. The van der Waals surface area contributed by atoms with E-state index in [9.17, 15) is 22.4 Å². The molecule has 2 aromatic carbocycles. The number of ether oxygens (including phenoxy) is 2. The Morgan fingerprint density at radius 3 is 2.66 bits per heavy atom. The van der Waals surface area contributed by atoms with Crippen molar-refractivity contribution in [1.29, 1.82) is 0 Å². The van der Waals surface area contributed by atoms with Crippen LogP contribution in [0.3, 0.4) is 0 Å². The van der Waals surface area contributed by atoms with Crippen LogP contribution in [0.25, 0.3) is 0 Å². The molecule has 0 bridgehead atoms. The Kier molecular flexibility index (Phi) is 6.55. The van der Waals surface area contributed by atoms with Gasteiger partial charge in [0.1, 0.15) is 11.5 Å². The lowest BCUT2D eigenvalue weighted by molar-refractivity contribution is 0.116. The van der Waals surface area contributed by atoms with Gasteiger partial charge >= 0.3 is 12.2 Å². The van der Waals surface area contributed by atoms with Gasteiger partial charge in [0, 0.05) is 38.3 Å². The van der Waals surface area contributed by atoms with E-state index in [0.717, 1.165) is 0 Å². The summed E-state index contributed by atoms with van der Waals surface area (Å²) in [6.45, 7) is 1.59. The summed E-state index contributed by atoms with van der Waals surface area (Å²) >= 11 is 0. The zero-order valence-corrected chi connectivity index (χ0v) is 18.7. The summed E-state index contributed by atoms with van der Waals surface area (Å²) in [6.07, 6.45) is -1.30. The summed E-state index contributed by atoms with van der Waals surface area (Å²) in [4.78, 5) is 26.9. The van der Waals surface area contributed by atoms with Gasteiger partial charge in [0.05, 0.1) is 18.3 Å². The molecule has 0 unspecified atom stereocenters. The predicted octanol–water partition coefficient (Wildman–Crippen LogP) is 2.84. The minimum Gasteiger partial charge on any atom is -0.410 e. The molecule has 1 aliphatic rings. The molecule has 0 radical (unpaired) electrons. The largest absolute Gasteiger partial charge is 0.416 e. The van der Waals surface area contributed by atoms with E-state index in [4.69, 9.17) is 9.47 Å². The van der Waals surface area contributed by atoms with Crippen molar-refractivity contribution in [2.45, 2.75) is 19.5 Å². The molecule has 10 nitrogen and oxygen atoms in total. The third-order valence-corrected chi connectivity index (χ3v) is 5.86. The predicted molar refractivity (Wildman–Crippen MR) is 114 cm³/mol. The fourth-order valence-electron chi connectivity index (χ4n) is 3.04. The van der Waals surface area contributed by atoms with E-state index in [1.54, 1.807) is 33.2 Å². The van der Waals surface area contributed by atoms with Crippen LogP contribution >= 0.6 is 0 Å². The van der Waals surface area contributed by atoms with Crippen LogP contribution in [0, 0.1) is 5.82 Å². The third kappa shape index (κ3) is 4.92. The molecule has 0 aromatic heterocycles. The Bertz CT molecular complexity index is 1150. The number of benzene rings is 2. The number of nitrogens with zero attached hydrogens (tertiary/aromatic N) is 2. The average molecular weight is 466 g/mol. The van der Waals surface area contributed by atoms with Crippen molar-refractivity contribution in [2.75, 3.05) is 25.9 Å². The van der Waals surface area contributed by atoms with Crippen molar-refractivity contribution < 1.29 is 31.9 Å². The van der Waals surface area contributed by atoms with Gasteiger partial charge in [-0.25, -0.2) is 18.7 Å². The average Bonchev–Trinajstić information content (AvgIpc) is 2.73. The smallest absolute Gasteiger partial charge is 0.410 e. The summed E-state index contributed by atoms with van der Waals surface area (Å²) < 4.78 is 53.0. The molecule has 0 spiro atoms. The quantitative estimate of drug-likeness (QED) is 0.676. The van der Waals surface area contributed by atoms with E-state index in [1.807, 2.05) is 4.72 Å². The standard InChI is InChI=1S/C20H23FN4O6S/c1-12-15-9-8-14(30-19(26)24(3)4)10-17(15)31-20(27)25(12)11-13-6-5-7-16(18(13)21)23-32(28,29)22-2/h5-10,12,22-23H,11H2,1-4H3/t12-/m0/s1. The minimum absolute atomic E-state index is 0.102. The van der Waals surface area contributed by atoms with Gasteiger partial charge in [-0.15, -0.1) is 0 Å². The van der Waals surface area contributed by atoms with Crippen LogP contribution < -0.4 is 18.9 Å². The molecular weight excluding hydrogens is 443 g/mol. The normalized spacial score (nSPS) is 15.6. The first-order valence-corrected chi connectivity index (χ1v) is 11.0. The molecule has 0 aliphatic carbocycles. The number of halogens is 1. The number of carbonyl (C=O) groups is 2. The topological polar surface area (TPSA) is 117 Å². The first-order chi connectivity index (χ1) is 15.0. The fourth-order valence-corrected chi connectivity index (χ4v) is 3.59. The summed E-state index contributed by atoms with van der Waals surface area (Å²) in [6, 6.07) is 8.39. The second-order valence-corrected chi connectivity index (χ2v) is 8.84. The second-order valence-electron chi connectivity index (χ2n) is 7.22. The summed E-state index contributed by atoms with van der Waals surface area (Å²) in [5, 5.41) is 0. The maximum atomic E-state index is 14.9. The van der Waals surface area contributed by atoms with Crippen LogP contribution in [0.2, 0.25) is 0 Å². The van der Waals surface area contributed by atoms with Crippen LogP contribution in [-0.4, -0.2) is 51.5 Å². The number of hydrogen-bond donors (Lipinski definition) is 2. The molecule has 0 saturated heterocycles. The van der Waals surface area contributed by atoms with Crippen LogP contribution in [0.4, 0.5) is 19.7 Å². The molecule has 1 aliphatic heterocycles. The molecule has 2 amide bonds. The number of hydrogen-bond acceptors (Lipinski definition) is 6. The first kappa shape index (κ1) is 23.3. The Morgan fingerprint density at radius 1 is 1.28 bits per heavy atom. The van der Waals surface area contributed by atoms with Gasteiger partial charge in [-0.2, -0.15) is 8.42 Å². The Labute approximate surface area is 185 Å². The summed E-state index contributed by atoms with van der Waals surface area (Å²) in [7, 11) is 0.366. The SMILES string of the molecule is CNS(=O)(=O)Nc1cccc(CN2C(=O)Oc3cc(OC(=O)N(C)C)ccc3[C@@H]2C)c1F.